The molecule has 0 saturated heterocycles. The molecule has 0 radical (unpaired) electrons. The average molecular weight is 264 g/mol. The van der Waals surface area contributed by atoms with Crippen LogP contribution in [0.5, 0.6) is 0 Å². The molecule has 0 saturated carbocycles. The van der Waals surface area contributed by atoms with Crippen LogP contribution in [-0.4, -0.2) is 33.8 Å². The Balaban J connectivity index is 3.57. The van der Waals surface area contributed by atoms with Gasteiger partial charge in [-0.05, 0) is 38.3 Å². The summed E-state index contributed by atoms with van der Waals surface area (Å²) in [6, 6.07) is 0. The van der Waals surface area contributed by atoms with Crippen LogP contribution < -0.4 is 10.0 Å². The lowest BCUT2D eigenvalue weighted by Crippen LogP contribution is -2.30. The van der Waals surface area contributed by atoms with Gasteiger partial charge in [0.1, 0.15) is 0 Å². The van der Waals surface area contributed by atoms with Crippen LogP contribution in [0.15, 0.2) is 0 Å². The van der Waals surface area contributed by atoms with Crippen LogP contribution in [0.2, 0.25) is 0 Å². The minimum absolute atomic E-state index is 0.247. The number of unbranched alkanes of at least 4 members (excludes halogenated alkanes) is 1. The Kier molecular flexibility index (Phi) is 9.78. The molecule has 1 unspecified atom stereocenters. The van der Waals surface area contributed by atoms with Gasteiger partial charge in [-0.2, -0.15) is 0 Å². The highest BCUT2D eigenvalue weighted by Crippen LogP contribution is 2.00. The fourth-order valence-electron chi connectivity index (χ4n) is 1.33. The lowest BCUT2D eigenvalue weighted by molar-refractivity contribution is 0.526. The largest absolute Gasteiger partial charge is 0.317 e. The third-order valence-electron chi connectivity index (χ3n) is 2.79. The summed E-state index contributed by atoms with van der Waals surface area (Å²) in [6.45, 7) is 8.73. The monoisotopic (exact) mass is 264 g/mol. The summed E-state index contributed by atoms with van der Waals surface area (Å²) in [7, 11) is -3.06. The SMILES string of the molecule is CCCNCCCCS(=O)(=O)NCC(C)CC. The highest BCUT2D eigenvalue weighted by molar-refractivity contribution is 7.89. The lowest BCUT2D eigenvalue weighted by atomic mass is 10.1. The molecule has 0 rings (SSSR count). The molecule has 0 aliphatic rings. The summed E-state index contributed by atoms with van der Waals surface area (Å²) in [5, 5.41) is 3.27. The third-order valence-corrected chi connectivity index (χ3v) is 4.22. The molecule has 5 heteroatoms. The van der Waals surface area contributed by atoms with E-state index in [1.54, 1.807) is 0 Å². The summed E-state index contributed by atoms with van der Waals surface area (Å²) < 4.78 is 25.9. The van der Waals surface area contributed by atoms with Crippen molar-refractivity contribution in [3.05, 3.63) is 0 Å². The molecule has 17 heavy (non-hydrogen) atoms. The standard InChI is InChI=1S/C12H28N2O2S/c1-4-8-13-9-6-7-10-17(15,16)14-11-12(3)5-2/h12-14H,4-11H2,1-3H3. The molecule has 4 nitrogen and oxygen atoms in total. The van der Waals surface area contributed by atoms with Crippen molar-refractivity contribution in [3.8, 4) is 0 Å². The van der Waals surface area contributed by atoms with E-state index in [0.29, 0.717) is 12.5 Å². The Hall–Kier alpha value is -0.130. The van der Waals surface area contributed by atoms with Gasteiger partial charge in [0, 0.05) is 6.54 Å². The second-order valence-electron chi connectivity index (χ2n) is 4.64. The molecule has 0 fully saturated rings. The summed E-state index contributed by atoms with van der Waals surface area (Å²) in [6.07, 6.45) is 3.77. The van der Waals surface area contributed by atoms with E-state index >= 15 is 0 Å². The van der Waals surface area contributed by atoms with Crippen LogP contribution in [-0.2, 0) is 10.0 Å². The van der Waals surface area contributed by atoms with Gasteiger partial charge >= 0.3 is 0 Å². The topological polar surface area (TPSA) is 58.2 Å². The first kappa shape index (κ1) is 16.9. The van der Waals surface area contributed by atoms with Crippen LogP contribution in [0.4, 0.5) is 0 Å². The summed E-state index contributed by atoms with van der Waals surface area (Å²) in [5.41, 5.74) is 0. The van der Waals surface area contributed by atoms with Gasteiger partial charge in [0.2, 0.25) is 10.0 Å². The minimum atomic E-state index is -3.06. The van der Waals surface area contributed by atoms with Gasteiger partial charge < -0.3 is 5.32 Å². The Morgan fingerprint density at radius 2 is 1.82 bits per heavy atom. The fourth-order valence-corrected chi connectivity index (χ4v) is 2.60. The molecular formula is C12H28N2O2S. The normalized spacial score (nSPS) is 13.8. The molecule has 0 amide bonds. The van der Waals surface area contributed by atoms with Crippen LogP contribution in [0.1, 0.15) is 46.5 Å². The Bertz CT molecular complexity index is 266. The van der Waals surface area contributed by atoms with E-state index < -0.39 is 10.0 Å². The fraction of sp³-hybridized carbons (Fsp3) is 1.00. The molecule has 104 valence electrons. The van der Waals surface area contributed by atoms with E-state index in [9.17, 15) is 8.42 Å². The minimum Gasteiger partial charge on any atom is -0.317 e. The second kappa shape index (κ2) is 9.85. The van der Waals surface area contributed by atoms with Gasteiger partial charge in [0.15, 0.2) is 0 Å². The molecule has 0 aliphatic heterocycles. The molecule has 0 heterocycles. The van der Waals surface area contributed by atoms with Crippen molar-refractivity contribution in [2.45, 2.75) is 46.5 Å². The van der Waals surface area contributed by atoms with Crippen molar-refractivity contribution in [1.29, 1.82) is 0 Å². The van der Waals surface area contributed by atoms with Crippen molar-refractivity contribution in [3.63, 3.8) is 0 Å². The molecule has 0 bridgehead atoms. The first-order valence-corrected chi connectivity index (χ1v) is 8.35. The summed E-state index contributed by atoms with van der Waals surface area (Å²) >= 11 is 0. The molecule has 0 aromatic heterocycles. The van der Waals surface area contributed by atoms with Crippen molar-refractivity contribution in [2.24, 2.45) is 5.92 Å². The molecule has 0 aromatic rings. The van der Waals surface area contributed by atoms with Crippen LogP contribution >= 0.6 is 0 Å². The number of nitrogens with one attached hydrogen (secondary N) is 2. The molecule has 0 aromatic carbocycles. The zero-order chi connectivity index (χ0) is 13.1. The number of hydrogen-bond acceptors (Lipinski definition) is 3. The van der Waals surface area contributed by atoms with Gasteiger partial charge in [-0.3, -0.25) is 0 Å². The van der Waals surface area contributed by atoms with Crippen molar-refractivity contribution in [1.82, 2.24) is 10.0 Å². The van der Waals surface area contributed by atoms with E-state index in [1.165, 1.54) is 0 Å². The zero-order valence-electron chi connectivity index (χ0n) is 11.5. The maximum absolute atomic E-state index is 11.6. The van der Waals surface area contributed by atoms with E-state index in [1.807, 2.05) is 0 Å². The third kappa shape index (κ3) is 10.7. The average Bonchev–Trinajstić information content (AvgIpc) is 2.30. The highest BCUT2D eigenvalue weighted by atomic mass is 32.2. The van der Waals surface area contributed by atoms with E-state index in [0.717, 1.165) is 38.8 Å². The Labute approximate surface area is 107 Å². The van der Waals surface area contributed by atoms with Gasteiger partial charge in [0.25, 0.3) is 0 Å². The van der Waals surface area contributed by atoms with Crippen molar-refractivity contribution in [2.75, 3.05) is 25.4 Å². The lowest BCUT2D eigenvalue weighted by Gasteiger charge is -2.10. The highest BCUT2D eigenvalue weighted by Gasteiger charge is 2.10. The molecule has 2 N–H and O–H groups in total. The zero-order valence-corrected chi connectivity index (χ0v) is 12.3. The smallest absolute Gasteiger partial charge is 0.211 e. The summed E-state index contributed by atoms with van der Waals surface area (Å²) in [4.78, 5) is 0. The molecular weight excluding hydrogens is 236 g/mol. The Morgan fingerprint density at radius 1 is 1.12 bits per heavy atom. The number of sulfonamides is 1. The number of rotatable bonds is 11. The van der Waals surface area contributed by atoms with Crippen LogP contribution in [0, 0.1) is 5.92 Å². The second-order valence-corrected chi connectivity index (χ2v) is 6.56. The van der Waals surface area contributed by atoms with E-state index in [-0.39, 0.29) is 5.75 Å². The summed E-state index contributed by atoms with van der Waals surface area (Å²) in [5.74, 6) is 0.660. The van der Waals surface area contributed by atoms with E-state index in [2.05, 4.69) is 30.8 Å². The van der Waals surface area contributed by atoms with E-state index in [4.69, 9.17) is 0 Å². The van der Waals surface area contributed by atoms with Gasteiger partial charge in [-0.25, -0.2) is 13.1 Å². The first-order chi connectivity index (χ1) is 8.02. The van der Waals surface area contributed by atoms with Gasteiger partial charge in [-0.15, -0.1) is 0 Å². The predicted molar refractivity (Wildman–Crippen MR) is 73.6 cm³/mol. The van der Waals surface area contributed by atoms with Gasteiger partial charge in [-0.1, -0.05) is 27.2 Å². The van der Waals surface area contributed by atoms with Crippen molar-refractivity contribution >= 4 is 10.0 Å². The molecule has 0 aliphatic carbocycles. The first-order valence-electron chi connectivity index (χ1n) is 6.69. The quantitative estimate of drug-likeness (QED) is 0.559. The predicted octanol–water partition coefficient (Wildman–Crippen LogP) is 1.73. The van der Waals surface area contributed by atoms with Crippen LogP contribution in [0.25, 0.3) is 0 Å². The maximum atomic E-state index is 11.6. The molecule has 1 atom stereocenters. The maximum Gasteiger partial charge on any atom is 0.211 e. The number of hydrogen-bond donors (Lipinski definition) is 2. The van der Waals surface area contributed by atoms with Crippen LogP contribution in [0.3, 0.4) is 0 Å². The Morgan fingerprint density at radius 3 is 2.41 bits per heavy atom. The molecule has 0 spiro atoms. The van der Waals surface area contributed by atoms with Gasteiger partial charge in [0.05, 0.1) is 5.75 Å². The van der Waals surface area contributed by atoms with Crippen molar-refractivity contribution < 1.29 is 8.42 Å².